The topological polar surface area (TPSA) is 186 Å². The summed E-state index contributed by atoms with van der Waals surface area (Å²) >= 11 is 0. The van der Waals surface area contributed by atoms with Gasteiger partial charge in [0.1, 0.15) is 18.3 Å². The third-order valence-electron chi connectivity index (χ3n) is 4.69. The monoisotopic (exact) mass is 435 g/mol. The van der Waals surface area contributed by atoms with E-state index in [-0.39, 0.29) is 12.8 Å². The molecule has 0 amide bonds. The Balaban J connectivity index is 1.95. The molecule has 1 aliphatic heterocycles. The third kappa shape index (κ3) is 6.56. The van der Waals surface area contributed by atoms with Crippen LogP contribution in [0.3, 0.4) is 0 Å². The molecule has 1 fully saturated rings. The Hall–Kier alpha value is -1.37. The Morgan fingerprint density at radius 2 is 1.90 bits per heavy atom. The van der Waals surface area contributed by atoms with Gasteiger partial charge in [0.25, 0.3) is 5.56 Å². The van der Waals surface area contributed by atoms with Gasteiger partial charge >= 0.3 is 5.69 Å². The van der Waals surface area contributed by atoms with Gasteiger partial charge in [0.05, 0.1) is 6.61 Å². The lowest BCUT2D eigenvalue weighted by atomic mass is 10.1. The van der Waals surface area contributed by atoms with Crippen molar-refractivity contribution < 1.29 is 24.0 Å². The maximum atomic E-state index is 12.7. The summed E-state index contributed by atoms with van der Waals surface area (Å²) in [6.45, 7) is 3.92. The van der Waals surface area contributed by atoms with E-state index in [1.165, 1.54) is 12.9 Å². The van der Waals surface area contributed by atoms with Crippen molar-refractivity contribution in [2.24, 2.45) is 11.5 Å². The number of aromatic nitrogens is 2. The predicted octanol–water partition coefficient (Wildman–Crippen LogP) is -2.70. The number of hydrogen-bond donors (Lipinski definition) is 5. The van der Waals surface area contributed by atoms with E-state index < -0.39 is 43.2 Å². The highest BCUT2D eigenvalue weighted by Gasteiger charge is 2.44. The summed E-state index contributed by atoms with van der Waals surface area (Å²) in [6, 6.07) is 1.10. The lowest BCUT2D eigenvalue weighted by molar-refractivity contribution is -0.0512. The van der Waals surface area contributed by atoms with E-state index in [0.29, 0.717) is 32.7 Å². The first kappa shape index (κ1) is 23.9. The minimum Gasteiger partial charge on any atom is -0.387 e. The maximum Gasteiger partial charge on any atom is 0.330 e. The van der Waals surface area contributed by atoms with Crippen LogP contribution in [0.15, 0.2) is 21.9 Å². The number of aromatic amines is 1. The summed E-state index contributed by atoms with van der Waals surface area (Å²) in [5.74, 6) is 0. The quantitative estimate of drug-likeness (QED) is 0.229. The second-order valence-corrected chi connectivity index (χ2v) is 9.75. The number of ether oxygens (including phenoxy) is 1. The molecule has 1 aromatic rings. The molecule has 13 heteroatoms. The van der Waals surface area contributed by atoms with E-state index in [2.05, 4.69) is 4.98 Å². The molecule has 0 aliphatic carbocycles. The van der Waals surface area contributed by atoms with E-state index in [0.717, 1.165) is 10.6 Å². The fourth-order valence-electron chi connectivity index (χ4n) is 3.04. The van der Waals surface area contributed by atoms with Crippen LogP contribution < -0.4 is 22.7 Å². The number of nitrogens with two attached hydrogens (primary N) is 2. The van der Waals surface area contributed by atoms with Crippen LogP contribution in [-0.4, -0.2) is 95.1 Å². The molecular formula is C16H30N5O7P. The van der Waals surface area contributed by atoms with Gasteiger partial charge in [-0.1, -0.05) is 0 Å². The zero-order chi connectivity index (χ0) is 21.6. The molecule has 7 N–H and O–H groups in total. The smallest absolute Gasteiger partial charge is 0.330 e. The predicted molar refractivity (Wildman–Crippen MR) is 106 cm³/mol. The van der Waals surface area contributed by atoms with E-state index in [1.54, 1.807) is 0 Å². The van der Waals surface area contributed by atoms with Crippen molar-refractivity contribution in [3.8, 4) is 0 Å². The first-order chi connectivity index (χ1) is 13.7. The number of rotatable bonds is 11. The van der Waals surface area contributed by atoms with Gasteiger partial charge in [-0.05, 0) is 0 Å². The van der Waals surface area contributed by atoms with Gasteiger partial charge in [0, 0.05) is 57.8 Å². The molecule has 0 spiro atoms. The second kappa shape index (κ2) is 10.6. The molecule has 1 aromatic heterocycles. The van der Waals surface area contributed by atoms with Crippen LogP contribution in [0.5, 0.6) is 0 Å². The average molecular weight is 435 g/mol. The van der Waals surface area contributed by atoms with Crippen LogP contribution in [0.2, 0.25) is 0 Å². The van der Waals surface area contributed by atoms with E-state index in [1.807, 2.05) is 4.90 Å². The molecule has 29 heavy (non-hydrogen) atoms. The molecule has 2 heterocycles. The average Bonchev–Trinajstić information content (AvgIpc) is 2.93. The molecule has 0 aromatic carbocycles. The standard InChI is InChI=1S/C16H30N5O7P/c1-29(26,9-8-20(6-3-17)7-4-18)27-10-11-13(23)14(24)15(28-11)21-5-2-12(22)19-16(21)25/h2,5,11,13-15,23-24H,3-4,6-10,17-18H2,1H3,(H,19,22,25)/t11-,13?,14+,15-,29?/m1/s1. The fraction of sp³-hybridized carbons (Fsp3) is 0.750. The molecule has 0 radical (unpaired) electrons. The van der Waals surface area contributed by atoms with Crippen molar-refractivity contribution in [2.75, 3.05) is 52.2 Å². The molecule has 0 bridgehead atoms. The van der Waals surface area contributed by atoms with Gasteiger partial charge in [-0.3, -0.25) is 18.9 Å². The largest absolute Gasteiger partial charge is 0.387 e. The van der Waals surface area contributed by atoms with Gasteiger partial charge in [0.2, 0.25) is 7.37 Å². The van der Waals surface area contributed by atoms with Gasteiger partial charge in [0.15, 0.2) is 6.23 Å². The maximum absolute atomic E-state index is 12.7. The Bertz CT molecular complexity index is 809. The number of hydrogen-bond acceptors (Lipinski definition) is 10. The molecular weight excluding hydrogens is 405 g/mol. The number of H-pyrrole nitrogens is 1. The number of aliphatic hydroxyl groups is 2. The molecule has 2 rings (SSSR count). The number of nitrogens with zero attached hydrogens (tertiary/aromatic N) is 2. The Kier molecular flexibility index (Phi) is 8.73. The van der Waals surface area contributed by atoms with Crippen LogP contribution >= 0.6 is 7.37 Å². The highest BCUT2D eigenvalue weighted by Crippen LogP contribution is 2.43. The lowest BCUT2D eigenvalue weighted by Gasteiger charge is -2.24. The summed E-state index contributed by atoms with van der Waals surface area (Å²) in [6.07, 6.45) is -3.55. The van der Waals surface area contributed by atoms with Gasteiger partial charge < -0.3 is 35.8 Å². The highest BCUT2D eigenvalue weighted by molar-refractivity contribution is 7.58. The highest BCUT2D eigenvalue weighted by atomic mass is 31.2. The Labute approximate surface area is 167 Å². The van der Waals surface area contributed by atoms with Gasteiger partial charge in [-0.15, -0.1) is 0 Å². The zero-order valence-corrected chi connectivity index (χ0v) is 17.2. The van der Waals surface area contributed by atoms with Gasteiger partial charge in [-0.25, -0.2) is 4.79 Å². The van der Waals surface area contributed by atoms with Crippen molar-refractivity contribution in [3.63, 3.8) is 0 Å². The molecule has 166 valence electrons. The normalized spacial score (nSPS) is 26.7. The van der Waals surface area contributed by atoms with Crippen LogP contribution in [0.1, 0.15) is 6.23 Å². The summed E-state index contributed by atoms with van der Waals surface area (Å²) in [5, 5.41) is 20.4. The molecule has 5 atom stereocenters. The Morgan fingerprint density at radius 1 is 1.24 bits per heavy atom. The summed E-state index contributed by atoms with van der Waals surface area (Å²) in [7, 11) is -3.01. The van der Waals surface area contributed by atoms with E-state index in [9.17, 15) is 24.4 Å². The minimum atomic E-state index is -3.01. The zero-order valence-electron chi connectivity index (χ0n) is 16.3. The van der Waals surface area contributed by atoms with Crippen LogP contribution in [0.25, 0.3) is 0 Å². The van der Waals surface area contributed by atoms with Gasteiger partial charge in [-0.2, -0.15) is 0 Å². The first-order valence-electron chi connectivity index (χ1n) is 9.35. The number of nitrogens with one attached hydrogen (secondary N) is 1. The second-order valence-electron chi connectivity index (χ2n) is 7.02. The fourth-order valence-corrected chi connectivity index (χ4v) is 4.28. The molecule has 1 aliphatic rings. The van der Waals surface area contributed by atoms with Crippen molar-refractivity contribution in [1.82, 2.24) is 14.5 Å². The molecule has 12 nitrogen and oxygen atoms in total. The van der Waals surface area contributed by atoms with E-state index in [4.69, 9.17) is 20.7 Å². The van der Waals surface area contributed by atoms with Crippen molar-refractivity contribution in [1.29, 1.82) is 0 Å². The van der Waals surface area contributed by atoms with Crippen LogP contribution in [0.4, 0.5) is 0 Å². The Morgan fingerprint density at radius 3 is 2.48 bits per heavy atom. The summed E-state index contributed by atoms with van der Waals surface area (Å²) in [5.41, 5.74) is 9.73. The van der Waals surface area contributed by atoms with Crippen molar-refractivity contribution in [2.45, 2.75) is 24.5 Å². The van der Waals surface area contributed by atoms with Crippen LogP contribution in [-0.2, 0) is 13.8 Å². The molecule has 2 unspecified atom stereocenters. The SMILES string of the molecule is CP(=O)(CCN(CCN)CCN)OC[C@H]1O[C@@H](n2ccc(=O)[nH]c2=O)[C@@H](O)C1O. The van der Waals surface area contributed by atoms with Crippen LogP contribution in [0, 0.1) is 0 Å². The minimum absolute atomic E-state index is 0.228. The third-order valence-corrected chi connectivity index (χ3v) is 6.40. The first-order valence-corrected chi connectivity index (χ1v) is 11.6. The summed E-state index contributed by atoms with van der Waals surface area (Å²) in [4.78, 5) is 27.1. The summed E-state index contributed by atoms with van der Waals surface area (Å²) < 4.78 is 24.7. The lowest BCUT2D eigenvalue weighted by Crippen LogP contribution is -2.37. The number of aliphatic hydroxyl groups excluding tert-OH is 2. The molecule has 1 saturated heterocycles. The van der Waals surface area contributed by atoms with Crippen molar-refractivity contribution in [3.05, 3.63) is 33.1 Å². The molecule has 0 saturated carbocycles. The van der Waals surface area contributed by atoms with E-state index >= 15 is 0 Å². The van der Waals surface area contributed by atoms with Crippen molar-refractivity contribution >= 4 is 7.37 Å².